The first-order chi connectivity index (χ1) is 17.6. The zero-order chi connectivity index (χ0) is 29.4. The van der Waals surface area contributed by atoms with Crippen molar-refractivity contribution in [3.63, 3.8) is 0 Å². The van der Waals surface area contributed by atoms with E-state index < -0.39 is 85.0 Å². The molecule has 0 saturated heterocycles. The molecule has 38 heavy (non-hydrogen) atoms. The van der Waals surface area contributed by atoms with E-state index >= 15 is 0 Å². The molecule has 0 aliphatic heterocycles. The fraction of sp³-hybridized carbons (Fsp3) is 0.600. The molecular weight excluding hydrogens is 512 g/mol. The number of rotatable bonds is 19. The Labute approximate surface area is 216 Å². The standard InChI is InChI=1S/C20H34N8O10/c21-9(3-6-14(30)31)16(34)28-12(8-15(32)33)18(36)26-10(4-5-13(22)29)17(35)27-11(19(37)38)2-1-7-25-20(23)24/h9-12H,1-8,21H2,(H2,22,29)(H,26,36)(H,27,35)(H,28,34)(H,30,31)(H,32,33)(H,37,38)(H4,23,24,25). The van der Waals surface area contributed by atoms with Gasteiger partial charge in [0.1, 0.15) is 18.1 Å². The van der Waals surface area contributed by atoms with Crippen LogP contribution in [0.5, 0.6) is 0 Å². The van der Waals surface area contributed by atoms with Crippen LogP contribution in [0.25, 0.3) is 0 Å². The fourth-order valence-electron chi connectivity index (χ4n) is 2.93. The van der Waals surface area contributed by atoms with Gasteiger partial charge in [-0.05, 0) is 25.7 Å². The van der Waals surface area contributed by atoms with Gasteiger partial charge in [-0.2, -0.15) is 0 Å². The number of guanidine groups is 1. The maximum Gasteiger partial charge on any atom is 0.326 e. The second-order valence-electron chi connectivity index (χ2n) is 8.11. The molecule has 0 aromatic rings. The Morgan fingerprint density at radius 1 is 0.684 bits per heavy atom. The van der Waals surface area contributed by atoms with E-state index in [-0.39, 0.29) is 38.2 Å². The molecule has 4 unspecified atom stereocenters. The SMILES string of the molecule is NC(=O)CCC(NC(=O)C(CC(=O)O)NC(=O)C(N)CCC(=O)O)C(=O)NC(CCCN=C(N)N)C(=O)O. The van der Waals surface area contributed by atoms with Gasteiger partial charge < -0.3 is 54.2 Å². The topological polar surface area (TPSA) is 333 Å². The van der Waals surface area contributed by atoms with E-state index in [4.69, 9.17) is 33.1 Å². The molecule has 0 aromatic carbocycles. The van der Waals surface area contributed by atoms with Crippen molar-refractivity contribution >= 4 is 47.5 Å². The van der Waals surface area contributed by atoms with Crippen molar-refractivity contribution in [1.29, 1.82) is 0 Å². The highest BCUT2D eigenvalue weighted by molar-refractivity contribution is 5.95. The molecule has 0 bridgehead atoms. The summed E-state index contributed by atoms with van der Waals surface area (Å²) in [6.07, 6.45) is -2.41. The van der Waals surface area contributed by atoms with E-state index in [2.05, 4.69) is 20.9 Å². The molecule has 4 atom stereocenters. The average Bonchev–Trinajstić information content (AvgIpc) is 2.80. The number of nitrogens with two attached hydrogens (primary N) is 4. The van der Waals surface area contributed by atoms with Crippen LogP contribution in [0, 0.1) is 0 Å². The highest BCUT2D eigenvalue weighted by Gasteiger charge is 2.31. The normalized spacial score (nSPS) is 13.6. The summed E-state index contributed by atoms with van der Waals surface area (Å²) >= 11 is 0. The van der Waals surface area contributed by atoms with Crippen LogP contribution >= 0.6 is 0 Å². The number of hydrogen-bond donors (Lipinski definition) is 10. The molecular formula is C20H34N8O10. The fourth-order valence-corrected chi connectivity index (χ4v) is 2.93. The first-order valence-corrected chi connectivity index (χ1v) is 11.3. The lowest BCUT2D eigenvalue weighted by Gasteiger charge is -2.24. The lowest BCUT2D eigenvalue weighted by Crippen LogP contribution is -2.57. The average molecular weight is 547 g/mol. The van der Waals surface area contributed by atoms with E-state index in [1.165, 1.54) is 0 Å². The van der Waals surface area contributed by atoms with E-state index in [0.29, 0.717) is 0 Å². The molecule has 0 rings (SSSR count). The maximum absolute atomic E-state index is 12.8. The minimum absolute atomic E-state index is 0.0784. The van der Waals surface area contributed by atoms with Gasteiger partial charge in [-0.15, -0.1) is 0 Å². The molecule has 0 heterocycles. The molecule has 4 amide bonds. The number of carboxylic acids is 3. The Morgan fingerprint density at radius 3 is 1.74 bits per heavy atom. The molecule has 0 saturated carbocycles. The first kappa shape index (κ1) is 33.5. The molecule has 0 radical (unpaired) electrons. The summed E-state index contributed by atoms with van der Waals surface area (Å²) in [6.45, 7) is 0.0784. The van der Waals surface area contributed by atoms with E-state index in [1.807, 2.05) is 0 Å². The summed E-state index contributed by atoms with van der Waals surface area (Å²) in [5.41, 5.74) is 21.1. The van der Waals surface area contributed by atoms with E-state index in [9.17, 15) is 38.7 Å². The van der Waals surface area contributed by atoms with Crippen molar-refractivity contribution in [1.82, 2.24) is 16.0 Å². The Hall–Kier alpha value is -4.48. The molecule has 0 aliphatic rings. The second kappa shape index (κ2) is 17.1. The largest absolute Gasteiger partial charge is 0.481 e. The molecule has 18 nitrogen and oxygen atoms in total. The lowest BCUT2D eigenvalue weighted by atomic mass is 10.1. The van der Waals surface area contributed by atoms with Crippen molar-refractivity contribution < 1.29 is 48.9 Å². The number of nitrogens with one attached hydrogen (secondary N) is 3. The van der Waals surface area contributed by atoms with Gasteiger partial charge in [-0.3, -0.25) is 33.8 Å². The monoisotopic (exact) mass is 546 g/mol. The van der Waals surface area contributed by atoms with Gasteiger partial charge in [-0.1, -0.05) is 0 Å². The van der Waals surface area contributed by atoms with Gasteiger partial charge in [0.05, 0.1) is 12.5 Å². The number of aliphatic carboxylic acids is 3. The predicted molar refractivity (Wildman–Crippen MR) is 129 cm³/mol. The predicted octanol–water partition coefficient (Wildman–Crippen LogP) is -4.49. The zero-order valence-electron chi connectivity index (χ0n) is 20.4. The Morgan fingerprint density at radius 2 is 1.24 bits per heavy atom. The van der Waals surface area contributed by atoms with E-state index in [1.54, 1.807) is 0 Å². The van der Waals surface area contributed by atoms with Crippen LogP contribution in [0.2, 0.25) is 0 Å². The third-order valence-electron chi connectivity index (χ3n) is 4.89. The molecule has 0 aromatic heterocycles. The summed E-state index contributed by atoms with van der Waals surface area (Å²) in [5, 5.41) is 33.7. The number of carbonyl (C=O) groups excluding carboxylic acids is 4. The van der Waals surface area contributed by atoms with Gasteiger partial charge in [0.15, 0.2) is 5.96 Å². The van der Waals surface area contributed by atoms with Crippen LogP contribution in [0.3, 0.4) is 0 Å². The zero-order valence-corrected chi connectivity index (χ0v) is 20.4. The summed E-state index contributed by atoms with van der Waals surface area (Å²) in [4.78, 5) is 86.2. The number of carbonyl (C=O) groups is 7. The number of carboxylic acid groups (broad SMARTS) is 3. The Balaban J connectivity index is 5.56. The number of nitrogens with zero attached hydrogens (tertiary/aromatic N) is 1. The van der Waals surface area contributed by atoms with Gasteiger partial charge in [0.25, 0.3) is 0 Å². The Kier molecular flexibility index (Phi) is 15.0. The third kappa shape index (κ3) is 14.8. The maximum atomic E-state index is 12.8. The lowest BCUT2D eigenvalue weighted by molar-refractivity contribution is -0.143. The molecule has 214 valence electrons. The van der Waals surface area contributed by atoms with Crippen LogP contribution in [0.15, 0.2) is 4.99 Å². The minimum atomic E-state index is -1.74. The van der Waals surface area contributed by atoms with Crippen molar-refractivity contribution in [2.24, 2.45) is 27.9 Å². The van der Waals surface area contributed by atoms with Gasteiger partial charge in [-0.25, -0.2) is 4.79 Å². The van der Waals surface area contributed by atoms with E-state index in [0.717, 1.165) is 0 Å². The highest BCUT2D eigenvalue weighted by atomic mass is 16.4. The number of aliphatic imine (C=N–C) groups is 1. The number of amides is 4. The Bertz CT molecular complexity index is 921. The first-order valence-electron chi connectivity index (χ1n) is 11.3. The quantitative estimate of drug-likeness (QED) is 0.0415. The van der Waals surface area contributed by atoms with Crippen LogP contribution in [-0.4, -0.2) is 93.5 Å². The minimum Gasteiger partial charge on any atom is -0.481 e. The molecule has 18 heteroatoms. The smallest absolute Gasteiger partial charge is 0.326 e. The van der Waals surface area contributed by atoms with Crippen LogP contribution < -0.4 is 38.9 Å². The summed E-state index contributed by atoms with van der Waals surface area (Å²) in [5.74, 6) is -8.39. The van der Waals surface area contributed by atoms with Crippen LogP contribution in [-0.2, 0) is 33.6 Å². The van der Waals surface area contributed by atoms with Crippen molar-refractivity contribution in [2.45, 2.75) is 69.1 Å². The number of primary amides is 1. The number of hydrogen-bond acceptors (Lipinski definition) is 9. The highest BCUT2D eigenvalue weighted by Crippen LogP contribution is 2.05. The van der Waals surface area contributed by atoms with Gasteiger partial charge in [0, 0.05) is 19.4 Å². The van der Waals surface area contributed by atoms with Crippen molar-refractivity contribution in [3.05, 3.63) is 0 Å². The molecule has 14 N–H and O–H groups in total. The third-order valence-corrected chi connectivity index (χ3v) is 4.89. The van der Waals surface area contributed by atoms with Crippen molar-refractivity contribution in [2.75, 3.05) is 6.54 Å². The van der Waals surface area contributed by atoms with Crippen LogP contribution in [0.1, 0.15) is 44.9 Å². The molecule has 0 aliphatic carbocycles. The summed E-state index contributed by atoms with van der Waals surface area (Å²) in [6, 6.07) is -6.08. The van der Waals surface area contributed by atoms with Crippen molar-refractivity contribution in [3.8, 4) is 0 Å². The molecule has 0 spiro atoms. The van der Waals surface area contributed by atoms with Gasteiger partial charge >= 0.3 is 17.9 Å². The summed E-state index contributed by atoms with van der Waals surface area (Å²) in [7, 11) is 0. The van der Waals surface area contributed by atoms with Crippen LogP contribution in [0.4, 0.5) is 0 Å². The molecule has 0 fully saturated rings. The summed E-state index contributed by atoms with van der Waals surface area (Å²) < 4.78 is 0. The van der Waals surface area contributed by atoms with Gasteiger partial charge in [0.2, 0.25) is 23.6 Å². The second-order valence-corrected chi connectivity index (χ2v) is 8.11.